The van der Waals surface area contributed by atoms with Gasteiger partial charge in [0.15, 0.2) is 0 Å². The second-order valence-corrected chi connectivity index (χ2v) is 5.30. The Kier molecular flexibility index (Phi) is 3.73. The minimum Gasteiger partial charge on any atom is -0.328 e. The van der Waals surface area contributed by atoms with Crippen LogP contribution < -0.4 is 5.73 Å². The Morgan fingerprint density at radius 3 is 2.71 bits per heavy atom. The quantitative estimate of drug-likeness (QED) is 0.700. The van der Waals surface area contributed by atoms with Crippen molar-refractivity contribution in [3.63, 3.8) is 0 Å². The first-order chi connectivity index (χ1) is 6.44. The van der Waals surface area contributed by atoms with Crippen molar-refractivity contribution < 1.29 is 0 Å². The molecule has 1 rings (SSSR count). The maximum Gasteiger partial charge on any atom is 0.00820 e. The summed E-state index contributed by atoms with van der Waals surface area (Å²) in [6, 6.07) is 1.03. The van der Waals surface area contributed by atoms with Crippen LogP contribution in [0.5, 0.6) is 0 Å². The maximum absolute atomic E-state index is 5.94. The highest BCUT2D eigenvalue weighted by Gasteiger charge is 2.26. The average molecular weight is 196 g/mol. The molecule has 1 aliphatic rings. The fraction of sp³-hybridized carbons (Fsp3) is 0.833. The van der Waals surface area contributed by atoms with E-state index in [0.29, 0.717) is 12.1 Å². The molecule has 1 saturated heterocycles. The van der Waals surface area contributed by atoms with Crippen LogP contribution in [0.15, 0.2) is 12.7 Å². The van der Waals surface area contributed by atoms with Gasteiger partial charge in [-0.25, -0.2) is 0 Å². The molecule has 0 amide bonds. The zero-order valence-electron chi connectivity index (χ0n) is 9.79. The number of nitrogens with zero attached hydrogens (tertiary/aromatic N) is 1. The first-order valence-electron chi connectivity index (χ1n) is 5.58. The van der Waals surface area contributed by atoms with E-state index >= 15 is 0 Å². The van der Waals surface area contributed by atoms with E-state index in [1.54, 1.807) is 0 Å². The maximum atomic E-state index is 5.94. The normalized spacial score (nSPS) is 30.3. The largest absolute Gasteiger partial charge is 0.328 e. The summed E-state index contributed by atoms with van der Waals surface area (Å²) in [6.45, 7) is 12.9. The lowest BCUT2D eigenvalue weighted by molar-refractivity contribution is 0.114. The second-order valence-electron chi connectivity index (χ2n) is 5.30. The Morgan fingerprint density at radius 2 is 2.21 bits per heavy atom. The number of rotatable bonds is 3. The van der Waals surface area contributed by atoms with Crippen LogP contribution in [-0.4, -0.2) is 30.1 Å². The fourth-order valence-electron chi connectivity index (χ4n) is 2.08. The van der Waals surface area contributed by atoms with Gasteiger partial charge in [-0.1, -0.05) is 19.9 Å². The van der Waals surface area contributed by atoms with Crippen LogP contribution in [0.3, 0.4) is 0 Å². The van der Waals surface area contributed by atoms with Gasteiger partial charge in [0, 0.05) is 18.6 Å². The summed E-state index contributed by atoms with van der Waals surface area (Å²) in [5, 5.41) is 0. The predicted molar refractivity (Wildman–Crippen MR) is 62.2 cm³/mol. The highest BCUT2D eigenvalue weighted by molar-refractivity contribution is 4.92. The highest BCUT2D eigenvalue weighted by Crippen LogP contribution is 2.23. The van der Waals surface area contributed by atoms with Crippen molar-refractivity contribution in [2.45, 2.75) is 45.7 Å². The number of nitrogens with two attached hydrogens (primary N) is 1. The molecule has 0 bridgehead atoms. The van der Waals surface area contributed by atoms with Crippen molar-refractivity contribution in [1.82, 2.24) is 4.90 Å². The predicted octanol–water partition coefficient (Wildman–Crippen LogP) is 2.01. The summed E-state index contributed by atoms with van der Waals surface area (Å²) in [6.07, 6.45) is 4.32. The van der Waals surface area contributed by atoms with E-state index in [9.17, 15) is 0 Å². The number of hydrogen-bond acceptors (Lipinski definition) is 2. The van der Waals surface area contributed by atoms with E-state index in [-0.39, 0.29) is 5.41 Å². The zero-order valence-corrected chi connectivity index (χ0v) is 9.79. The standard InChI is InChI=1S/C12H24N2/c1-5-12(3,4)9-14-7-6-11(13)8-10(14)2/h5,10-11H,1,6-9,13H2,2-4H3. The van der Waals surface area contributed by atoms with Gasteiger partial charge in [-0.15, -0.1) is 6.58 Å². The molecule has 1 fully saturated rings. The Balaban J connectivity index is 2.49. The van der Waals surface area contributed by atoms with Gasteiger partial charge in [0.2, 0.25) is 0 Å². The molecule has 2 atom stereocenters. The van der Waals surface area contributed by atoms with E-state index in [0.717, 1.165) is 25.9 Å². The minimum absolute atomic E-state index is 0.218. The van der Waals surface area contributed by atoms with Gasteiger partial charge in [-0.3, -0.25) is 4.90 Å². The summed E-state index contributed by atoms with van der Waals surface area (Å²) in [4.78, 5) is 2.53. The second kappa shape index (κ2) is 4.45. The van der Waals surface area contributed by atoms with Gasteiger partial charge >= 0.3 is 0 Å². The van der Waals surface area contributed by atoms with Gasteiger partial charge in [0.1, 0.15) is 0 Å². The van der Waals surface area contributed by atoms with E-state index in [2.05, 4.69) is 32.3 Å². The lowest BCUT2D eigenvalue weighted by Gasteiger charge is -2.40. The third-order valence-corrected chi connectivity index (χ3v) is 3.22. The van der Waals surface area contributed by atoms with Gasteiger partial charge < -0.3 is 5.73 Å². The van der Waals surface area contributed by atoms with Crippen molar-refractivity contribution in [2.24, 2.45) is 11.1 Å². The monoisotopic (exact) mass is 196 g/mol. The van der Waals surface area contributed by atoms with Crippen LogP contribution >= 0.6 is 0 Å². The molecule has 2 unspecified atom stereocenters. The molecular formula is C12H24N2. The first kappa shape index (κ1) is 11.7. The highest BCUT2D eigenvalue weighted by atomic mass is 15.2. The van der Waals surface area contributed by atoms with E-state index < -0.39 is 0 Å². The van der Waals surface area contributed by atoms with Crippen LogP contribution in [0, 0.1) is 5.41 Å². The average Bonchev–Trinajstić information content (AvgIpc) is 2.10. The lowest BCUT2D eigenvalue weighted by atomic mass is 9.90. The minimum atomic E-state index is 0.218. The smallest absolute Gasteiger partial charge is 0.00820 e. The van der Waals surface area contributed by atoms with Crippen molar-refractivity contribution in [3.8, 4) is 0 Å². The molecule has 1 aliphatic heterocycles. The summed E-state index contributed by atoms with van der Waals surface area (Å²) in [5.41, 5.74) is 6.15. The zero-order chi connectivity index (χ0) is 10.8. The molecule has 82 valence electrons. The molecule has 14 heavy (non-hydrogen) atoms. The first-order valence-corrected chi connectivity index (χ1v) is 5.58. The van der Waals surface area contributed by atoms with Crippen LogP contribution in [-0.2, 0) is 0 Å². The molecule has 0 aromatic carbocycles. The third kappa shape index (κ3) is 3.10. The molecule has 2 N–H and O–H groups in total. The topological polar surface area (TPSA) is 29.3 Å². The van der Waals surface area contributed by atoms with Gasteiger partial charge in [0.05, 0.1) is 0 Å². The van der Waals surface area contributed by atoms with Crippen LogP contribution in [0.2, 0.25) is 0 Å². The summed E-state index contributed by atoms with van der Waals surface area (Å²) < 4.78 is 0. The molecule has 1 heterocycles. The Morgan fingerprint density at radius 1 is 1.57 bits per heavy atom. The van der Waals surface area contributed by atoms with Gasteiger partial charge in [-0.05, 0) is 31.7 Å². The lowest BCUT2D eigenvalue weighted by Crippen LogP contribution is -2.48. The molecule has 0 radical (unpaired) electrons. The molecular weight excluding hydrogens is 172 g/mol. The fourth-order valence-corrected chi connectivity index (χ4v) is 2.08. The van der Waals surface area contributed by atoms with Crippen molar-refractivity contribution in [3.05, 3.63) is 12.7 Å². The third-order valence-electron chi connectivity index (χ3n) is 3.22. The summed E-state index contributed by atoms with van der Waals surface area (Å²) in [7, 11) is 0. The summed E-state index contributed by atoms with van der Waals surface area (Å²) in [5.74, 6) is 0. The number of likely N-dealkylation sites (tertiary alicyclic amines) is 1. The van der Waals surface area contributed by atoms with Crippen LogP contribution in [0.4, 0.5) is 0 Å². The van der Waals surface area contributed by atoms with E-state index in [1.807, 2.05) is 6.08 Å². The SMILES string of the molecule is C=CC(C)(C)CN1CCC(N)CC1C. The van der Waals surface area contributed by atoms with Crippen LogP contribution in [0.1, 0.15) is 33.6 Å². The van der Waals surface area contributed by atoms with Gasteiger partial charge in [0.25, 0.3) is 0 Å². The Hall–Kier alpha value is -0.340. The number of hydrogen-bond donors (Lipinski definition) is 1. The van der Waals surface area contributed by atoms with Crippen LogP contribution in [0.25, 0.3) is 0 Å². The Bertz CT molecular complexity index is 198. The molecule has 0 spiro atoms. The Labute approximate surface area is 88.2 Å². The van der Waals surface area contributed by atoms with E-state index in [1.165, 1.54) is 0 Å². The summed E-state index contributed by atoms with van der Waals surface area (Å²) >= 11 is 0. The molecule has 0 aliphatic carbocycles. The molecule has 2 nitrogen and oxygen atoms in total. The molecule has 0 aromatic rings. The molecule has 2 heteroatoms. The van der Waals surface area contributed by atoms with Gasteiger partial charge in [-0.2, -0.15) is 0 Å². The molecule has 0 saturated carbocycles. The van der Waals surface area contributed by atoms with E-state index in [4.69, 9.17) is 5.73 Å². The number of piperidine rings is 1. The van der Waals surface area contributed by atoms with Crippen molar-refractivity contribution in [2.75, 3.05) is 13.1 Å². The molecule has 0 aromatic heterocycles. The van der Waals surface area contributed by atoms with Crippen molar-refractivity contribution >= 4 is 0 Å². The van der Waals surface area contributed by atoms with Crippen molar-refractivity contribution in [1.29, 1.82) is 0 Å².